The second-order valence-corrected chi connectivity index (χ2v) is 4.15. The average molecular weight is 242 g/mol. The molecule has 1 aromatic carbocycles. The molecule has 0 bridgehead atoms. The highest BCUT2D eigenvalue weighted by atomic mass is 19.2. The minimum atomic E-state index is -1.11. The number of hydrogen-bond acceptors (Lipinski definition) is 3. The summed E-state index contributed by atoms with van der Waals surface area (Å²) >= 11 is 0. The van der Waals surface area contributed by atoms with Crippen molar-refractivity contribution in [2.45, 2.75) is 25.0 Å². The van der Waals surface area contributed by atoms with Crippen LogP contribution in [0.1, 0.15) is 23.2 Å². The van der Waals surface area contributed by atoms with Crippen LogP contribution in [0.3, 0.4) is 0 Å². The minimum Gasteiger partial charge on any atom is -0.398 e. The van der Waals surface area contributed by atoms with Crippen molar-refractivity contribution in [2.24, 2.45) is 0 Å². The predicted octanol–water partition coefficient (Wildman–Crippen LogP) is 0.800. The quantitative estimate of drug-likeness (QED) is 0.671. The molecule has 0 heterocycles. The first kappa shape index (κ1) is 11.8. The topological polar surface area (TPSA) is 75.4 Å². The number of halogens is 2. The molecule has 0 saturated heterocycles. The van der Waals surface area contributed by atoms with Crippen LogP contribution in [-0.4, -0.2) is 23.2 Å². The van der Waals surface area contributed by atoms with E-state index in [-0.39, 0.29) is 17.3 Å². The number of hydrogen-bond donors (Lipinski definition) is 3. The molecule has 0 aliphatic heterocycles. The predicted molar refractivity (Wildman–Crippen MR) is 57.3 cm³/mol. The van der Waals surface area contributed by atoms with Crippen LogP contribution in [0.15, 0.2) is 12.1 Å². The molecule has 1 aliphatic rings. The van der Waals surface area contributed by atoms with Crippen molar-refractivity contribution in [2.75, 3.05) is 5.73 Å². The van der Waals surface area contributed by atoms with Gasteiger partial charge in [0.1, 0.15) is 0 Å². The lowest BCUT2D eigenvalue weighted by molar-refractivity contribution is 0.0563. The Bertz CT molecular complexity index is 459. The third-order valence-corrected chi connectivity index (χ3v) is 2.79. The SMILES string of the molecule is Nc1cc(F)c(F)cc1C(=O)NC1CC(O)C1. The molecule has 2 rings (SSSR count). The Kier molecular flexibility index (Phi) is 2.97. The van der Waals surface area contributed by atoms with Crippen molar-refractivity contribution in [1.29, 1.82) is 0 Å². The number of nitrogens with one attached hydrogen (secondary N) is 1. The zero-order valence-electron chi connectivity index (χ0n) is 8.91. The molecule has 0 spiro atoms. The van der Waals surface area contributed by atoms with E-state index in [1.54, 1.807) is 0 Å². The molecule has 0 unspecified atom stereocenters. The maximum Gasteiger partial charge on any atom is 0.253 e. The summed E-state index contributed by atoms with van der Waals surface area (Å²) in [4.78, 5) is 11.7. The molecule has 92 valence electrons. The summed E-state index contributed by atoms with van der Waals surface area (Å²) in [7, 11) is 0. The smallest absolute Gasteiger partial charge is 0.253 e. The number of benzene rings is 1. The van der Waals surface area contributed by atoms with Gasteiger partial charge in [-0.15, -0.1) is 0 Å². The van der Waals surface area contributed by atoms with Crippen LogP contribution >= 0.6 is 0 Å². The van der Waals surface area contributed by atoms with Gasteiger partial charge in [-0.2, -0.15) is 0 Å². The Balaban J connectivity index is 2.11. The van der Waals surface area contributed by atoms with E-state index < -0.39 is 23.6 Å². The van der Waals surface area contributed by atoms with Crippen molar-refractivity contribution in [3.8, 4) is 0 Å². The molecule has 0 aromatic heterocycles. The monoisotopic (exact) mass is 242 g/mol. The molecular weight excluding hydrogens is 230 g/mol. The molecule has 0 radical (unpaired) electrons. The lowest BCUT2D eigenvalue weighted by atomic mass is 9.89. The first-order valence-corrected chi connectivity index (χ1v) is 5.21. The number of carbonyl (C=O) groups excluding carboxylic acids is 1. The molecule has 1 saturated carbocycles. The van der Waals surface area contributed by atoms with Crippen molar-refractivity contribution in [3.63, 3.8) is 0 Å². The van der Waals surface area contributed by atoms with Gasteiger partial charge in [0.15, 0.2) is 11.6 Å². The highest BCUT2D eigenvalue weighted by Gasteiger charge is 2.29. The molecule has 1 amide bonds. The summed E-state index contributed by atoms with van der Waals surface area (Å²) in [6.07, 6.45) is 0.535. The van der Waals surface area contributed by atoms with Crippen molar-refractivity contribution < 1.29 is 18.7 Å². The number of amides is 1. The number of rotatable bonds is 2. The van der Waals surface area contributed by atoms with Gasteiger partial charge in [0, 0.05) is 17.8 Å². The van der Waals surface area contributed by atoms with Gasteiger partial charge in [-0.1, -0.05) is 0 Å². The lowest BCUT2D eigenvalue weighted by Crippen LogP contribution is -2.46. The van der Waals surface area contributed by atoms with Gasteiger partial charge in [0.25, 0.3) is 5.91 Å². The van der Waals surface area contributed by atoms with Crippen LogP contribution < -0.4 is 11.1 Å². The average Bonchev–Trinajstić information content (AvgIpc) is 2.21. The van der Waals surface area contributed by atoms with Gasteiger partial charge in [-0.25, -0.2) is 8.78 Å². The van der Waals surface area contributed by atoms with Crippen LogP contribution in [0.2, 0.25) is 0 Å². The summed E-state index contributed by atoms with van der Waals surface area (Å²) in [5.74, 6) is -2.76. The van der Waals surface area contributed by atoms with Crippen molar-refractivity contribution >= 4 is 11.6 Å². The van der Waals surface area contributed by atoms with Crippen molar-refractivity contribution in [1.82, 2.24) is 5.32 Å². The van der Waals surface area contributed by atoms with Gasteiger partial charge in [-0.05, 0) is 18.9 Å². The highest BCUT2D eigenvalue weighted by Crippen LogP contribution is 2.21. The van der Waals surface area contributed by atoms with Gasteiger partial charge in [0.2, 0.25) is 0 Å². The Hall–Kier alpha value is -1.69. The van der Waals surface area contributed by atoms with E-state index in [0.717, 1.165) is 12.1 Å². The number of aliphatic hydroxyl groups excluding tert-OH is 1. The Labute approximate surface area is 96.4 Å². The molecule has 6 heteroatoms. The second-order valence-electron chi connectivity index (χ2n) is 4.15. The van der Waals surface area contributed by atoms with E-state index in [4.69, 9.17) is 10.8 Å². The molecule has 17 heavy (non-hydrogen) atoms. The Morgan fingerprint density at radius 1 is 1.35 bits per heavy atom. The number of nitrogen functional groups attached to an aromatic ring is 1. The highest BCUT2D eigenvalue weighted by molar-refractivity contribution is 5.99. The largest absolute Gasteiger partial charge is 0.398 e. The van der Waals surface area contributed by atoms with Crippen LogP contribution in [-0.2, 0) is 0 Å². The van der Waals surface area contributed by atoms with Gasteiger partial charge in [-0.3, -0.25) is 4.79 Å². The summed E-state index contributed by atoms with van der Waals surface area (Å²) in [6, 6.07) is 1.42. The zero-order valence-corrected chi connectivity index (χ0v) is 8.91. The Morgan fingerprint density at radius 2 is 1.94 bits per heavy atom. The first-order valence-electron chi connectivity index (χ1n) is 5.21. The van der Waals surface area contributed by atoms with E-state index in [9.17, 15) is 13.6 Å². The number of carbonyl (C=O) groups is 1. The van der Waals surface area contributed by atoms with Gasteiger partial charge in [0.05, 0.1) is 11.7 Å². The Morgan fingerprint density at radius 3 is 2.53 bits per heavy atom. The molecule has 0 atom stereocenters. The van der Waals surface area contributed by atoms with E-state index >= 15 is 0 Å². The normalized spacial score (nSPS) is 23.0. The molecular formula is C11H12F2N2O2. The molecule has 1 aliphatic carbocycles. The van der Waals surface area contributed by atoms with Crippen LogP contribution in [0, 0.1) is 11.6 Å². The van der Waals surface area contributed by atoms with E-state index in [1.807, 2.05) is 0 Å². The molecule has 4 nitrogen and oxygen atoms in total. The standard InChI is InChI=1S/C11H12F2N2O2/c12-8-3-7(10(14)4-9(8)13)11(17)15-5-1-6(16)2-5/h3-6,16H,1-2,14H2,(H,15,17). The summed E-state index contributed by atoms with van der Waals surface area (Å²) < 4.78 is 25.8. The van der Waals surface area contributed by atoms with Gasteiger partial charge >= 0.3 is 0 Å². The molecule has 4 N–H and O–H groups in total. The fraction of sp³-hybridized carbons (Fsp3) is 0.364. The fourth-order valence-corrected chi connectivity index (χ4v) is 1.73. The van der Waals surface area contributed by atoms with Crippen LogP contribution in [0.4, 0.5) is 14.5 Å². The van der Waals surface area contributed by atoms with Crippen LogP contribution in [0.25, 0.3) is 0 Å². The first-order chi connectivity index (χ1) is 7.97. The maximum atomic E-state index is 13.0. The fourth-order valence-electron chi connectivity index (χ4n) is 1.73. The number of nitrogens with two attached hydrogens (primary N) is 1. The maximum absolute atomic E-state index is 13.0. The summed E-state index contributed by atoms with van der Waals surface area (Å²) in [6.45, 7) is 0. The van der Waals surface area contributed by atoms with Gasteiger partial charge < -0.3 is 16.2 Å². The third-order valence-electron chi connectivity index (χ3n) is 2.79. The van der Waals surface area contributed by atoms with Crippen LogP contribution in [0.5, 0.6) is 0 Å². The van der Waals surface area contributed by atoms with E-state index in [0.29, 0.717) is 12.8 Å². The summed E-state index contributed by atoms with van der Waals surface area (Å²) in [5.41, 5.74) is 5.23. The molecule has 1 aromatic rings. The summed E-state index contributed by atoms with van der Waals surface area (Å²) in [5, 5.41) is 11.6. The second kappa shape index (κ2) is 4.29. The number of anilines is 1. The minimum absolute atomic E-state index is 0.0923. The lowest BCUT2D eigenvalue weighted by Gasteiger charge is -2.32. The third kappa shape index (κ3) is 2.36. The van der Waals surface area contributed by atoms with E-state index in [2.05, 4.69) is 5.32 Å². The zero-order chi connectivity index (χ0) is 12.6. The van der Waals surface area contributed by atoms with Crippen molar-refractivity contribution in [3.05, 3.63) is 29.3 Å². The van der Waals surface area contributed by atoms with E-state index in [1.165, 1.54) is 0 Å². The number of aliphatic hydroxyl groups is 1. The molecule has 1 fully saturated rings.